The van der Waals surface area contributed by atoms with Crippen molar-refractivity contribution in [1.29, 1.82) is 0 Å². The monoisotopic (exact) mass is 294 g/mol. The Balaban J connectivity index is 2.77. The van der Waals surface area contributed by atoms with Crippen molar-refractivity contribution in [2.45, 2.75) is 65.3 Å². The van der Waals surface area contributed by atoms with Crippen molar-refractivity contribution in [1.82, 2.24) is 0 Å². The predicted octanol–water partition coefficient (Wildman–Crippen LogP) is 5.15. The van der Waals surface area contributed by atoms with Gasteiger partial charge in [-0.1, -0.05) is 46.8 Å². The molecule has 2 nitrogen and oxygen atoms in total. The highest BCUT2D eigenvalue weighted by Gasteiger charge is 2.38. The Kier molecular flexibility index (Phi) is 5.44. The molecule has 1 aromatic rings. The van der Waals surface area contributed by atoms with Gasteiger partial charge in [-0.2, -0.15) is 0 Å². The van der Waals surface area contributed by atoms with Gasteiger partial charge in [0.05, 0.1) is 6.10 Å². The fourth-order valence-corrected chi connectivity index (χ4v) is 2.82. The number of aliphatic hydroxyl groups excluding tert-OH is 1. The summed E-state index contributed by atoms with van der Waals surface area (Å²) in [6, 6.07) is 7.93. The standard InChI is InChI=1S/C17H30O2Si/c1-13(2)12-16(18)14-8-10-15(11-9-14)19-20(6,7)17(3,4)5/h8-11,13,16,18H,12H2,1-7H3. The number of rotatable bonds is 5. The van der Waals surface area contributed by atoms with Crippen molar-refractivity contribution in [3.05, 3.63) is 29.8 Å². The van der Waals surface area contributed by atoms with E-state index in [2.05, 4.69) is 47.7 Å². The molecular weight excluding hydrogens is 264 g/mol. The first-order valence-electron chi connectivity index (χ1n) is 7.50. The second kappa shape index (κ2) is 6.31. The maximum absolute atomic E-state index is 10.1. The van der Waals surface area contributed by atoms with Gasteiger partial charge < -0.3 is 9.53 Å². The van der Waals surface area contributed by atoms with E-state index in [9.17, 15) is 5.11 Å². The fourth-order valence-electron chi connectivity index (χ4n) is 1.79. The molecule has 1 aromatic carbocycles. The van der Waals surface area contributed by atoms with Gasteiger partial charge >= 0.3 is 0 Å². The zero-order valence-corrected chi connectivity index (χ0v) is 15.0. The van der Waals surface area contributed by atoms with Crippen LogP contribution in [0, 0.1) is 5.92 Å². The lowest BCUT2D eigenvalue weighted by molar-refractivity contribution is 0.151. The first-order valence-corrected chi connectivity index (χ1v) is 10.4. The maximum atomic E-state index is 10.1. The first-order chi connectivity index (χ1) is 9.03. The van der Waals surface area contributed by atoms with Crippen LogP contribution in [0.5, 0.6) is 5.75 Å². The molecule has 0 saturated heterocycles. The highest BCUT2D eigenvalue weighted by atomic mass is 28.4. The van der Waals surface area contributed by atoms with Crippen LogP contribution in [-0.4, -0.2) is 13.4 Å². The van der Waals surface area contributed by atoms with E-state index >= 15 is 0 Å². The third-order valence-electron chi connectivity index (χ3n) is 4.14. The zero-order valence-electron chi connectivity index (χ0n) is 14.0. The number of hydrogen-bond donors (Lipinski definition) is 1. The lowest BCUT2D eigenvalue weighted by atomic mass is 10.00. The van der Waals surface area contributed by atoms with Crippen molar-refractivity contribution < 1.29 is 9.53 Å². The summed E-state index contributed by atoms with van der Waals surface area (Å²) < 4.78 is 6.24. The highest BCUT2D eigenvalue weighted by molar-refractivity contribution is 6.74. The highest BCUT2D eigenvalue weighted by Crippen LogP contribution is 2.37. The lowest BCUT2D eigenvalue weighted by Crippen LogP contribution is -2.43. The Morgan fingerprint density at radius 1 is 1.10 bits per heavy atom. The summed E-state index contributed by atoms with van der Waals surface area (Å²) in [6.07, 6.45) is 0.416. The van der Waals surface area contributed by atoms with Crippen LogP contribution in [0.4, 0.5) is 0 Å². The molecule has 0 heterocycles. The van der Waals surface area contributed by atoms with E-state index in [0.29, 0.717) is 5.92 Å². The number of aliphatic hydroxyl groups is 1. The molecule has 0 aliphatic carbocycles. The molecule has 0 radical (unpaired) electrons. The molecule has 0 aliphatic heterocycles. The Morgan fingerprint density at radius 3 is 2.00 bits per heavy atom. The molecule has 0 bridgehead atoms. The summed E-state index contributed by atoms with van der Waals surface area (Å²) >= 11 is 0. The average molecular weight is 295 g/mol. The Hall–Kier alpha value is -0.803. The zero-order chi connectivity index (χ0) is 15.6. The van der Waals surface area contributed by atoms with Crippen molar-refractivity contribution in [3.8, 4) is 5.75 Å². The molecule has 0 spiro atoms. The van der Waals surface area contributed by atoms with E-state index in [1.165, 1.54) is 0 Å². The number of benzene rings is 1. The Labute approximate surface area is 125 Å². The van der Waals surface area contributed by atoms with Gasteiger partial charge in [0, 0.05) is 0 Å². The van der Waals surface area contributed by atoms with Crippen LogP contribution in [-0.2, 0) is 0 Å². The number of hydrogen-bond acceptors (Lipinski definition) is 2. The van der Waals surface area contributed by atoms with Crippen LogP contribution in [0.3, 0.4) is 0 Å². The minimum Gasteiger partial charge on any atom is -0.544 e. The summed E-state index contributed by atoms with van der Waals surface area (Å²) in [5.41, 5.74) is 0.973. The van der Waals surface area contributed by atoms with Crippen LogP contribution < -0.4 is 4.43 Å². The molecular formula is C17H30O2Si. The summed E-state index contributed by atoms with van der Waals surface area (Å²) in [6.45, 7) is 15.4. The van der Waals surface area contributed by atoms with E-state index < -0.39 is 8.32 Å². The quantitative estimate of drug-likeness (QED) is 0.761. The molecule has 3 heteroatoms. The minimum absolute atomic E-state index is 0.197. The van der Waals surface area contributed by atoms with Crippen molar-refractivity contribution in [3.63, 3.8) is 0 Å². The fraction of sp³-hybridized carbons (Fsp3) is 0.647. The van der Waals surface area contributed by atoms with Crippen LogP contribution in [0.25, 0.3) is 0 Å². The van der Waals surface area contributed by atoms with Gasteiger partial charge in [-0.15, -0.1) is 0 Å². The largest absolute Gasteiger partial charge is 0.544 e. The molecule has 0 saturated carbocycles. The second-order valence-electron chi connectivity index (χ2n) is 7.58. The van der Waals surface area contributed by atoms with Gasteiger partial charge in [-0.25, -0.2) is 0 Å². The lowest BCUT2D eigenvalue weighted by Gasteiger charge is -2.36. The van der Waals surface area contributed by atoms with Crippen molar-refractivity contribution in [2.24, 2.45) is 5.92 Å². The predicted molar refractivity (Wildman–Crippen MR) is 88.7 cm³/mol. The molecule has 0 aliphatic rings. The first kappa shape index (κ1) is 17.2. The molecule has 114 valence electrons. The van der Waals surface area contributed by atoms with Crippen molar-refractivity contribution >= 4 is 8.32 Å². The van der Waals surface area contributed by atoms with E-state index in [4.69, 9.17) is 4.43 Å². The SMILES string of the molecule is CC(C)CC(O)c1ccc(O[Si](C)(C)C(C)(C)C)cc1. The third kappa shape index (κ3) is 4.64. The van der Waals surface area contributed by atoms with Gasteiger partial charge in [0.25, 0.3) is 0 Å². The summed E-state index contributed by atoms with van der Waals surface area (Å²) in [4.78, 5) is 0. The van der Waals surface area contributed by atoms with Gasteiger partial charge in [-0.05, 0) is 48.2 Å². The molecule has 0 amide bonds. The van der Waals surface area contributed by atoms with Crippen LogP contribution in [0.1, 0.15) is 52.7 Å². The Bertz CT molecular complexity index is 416. The third-order valence-corrected chi connectivity index (χ3v) is 8.50. The second-order valence-corrected chi connectivity index (χ2v) is 12.3. The molecule has 1 N–H and O–H groups in total. The van der Waals surface area contributed by atoms with Gasteiger partial charge in [0.1, 0.15) is 5.75 Å². The maximum Gasteiger partial charge on any atom is 0.250 e. The topological polar surface area (TPSA) is 29.5 Å². The molecule has 20 heavy (non-hydrogen) atoms. The van der Waals surface area contributed by atoms with Crippen LogP contribution >= 0.6 is 0 Å². The van der Waals surface area contributed by atoms with Gasteiger partial charge in [0.15, 0.2) is 0 Å². The average Bonchev–Trinajstić information content (AvgIpc) is 2.26. The molecule has 0 aromatic heterocycles. The molecule has 1 atom stereocenters. The summed E-state index contributed by atoms with van der Waals surface area (Å²) in [5.74, 6) is 1.41. The van der Waals surface area contributed by atoms with Crippen LogP contribution in [0.2, 0.25) is 18.1 Å². The molecule has 1 rings (SSSR count). The summed E-state index contributed by atoms with van der Waals surface area (Å²) in [5, 5.41) is 10.3. The Morgan fingerprint density at radius 2 is 1.60 bits per heavy atom. The van der Waals surface area contributed by atoms with Crippen molar-refractivity contribution in [2.75, 3.05) is 0 Å². The van der Waals surface area contributed by atoms with E-state index in [0.717, 1.165) is 17.7 Å². The molecule has 1 unspecified atom stereocenters. The van der Waals surface area contributed by atoms with E-state index in [-0.39, 0.29) is 11.1 Å². The minimum atomic E-state index is -1.78. The molecule has 0 fully saturated rings. The summed E-state index contributed by atoms with van der Waals surface area (Å²) in [7, 11) is -1.78. The van der Waals surface area contributed by atoms with E-state index in [1.807, 2.05) is 24.3 Å². The van der Waals surface area contributed by atoms with Crippen LogP contribution in [0.15, 0.2) is 24.3 Å². The normalized spacial score (nSPS) is 14.4. The van der Waals surface area contributed by atoms with Gasteiger partial charge in [0.2, 0.25) is 8.32 Å². The van der Waals surface area contributed by atoms with Gasteiger partial charge in [-0.3, -0.25) is 0 Å². The smallest absolute Gasteiger partial charge is 0.250 e. The van der Waals surface area contributed by atoms with E-state index in [1.54, 1.807) is 0 Å².